The Balaban J connectivity index is 1.57. The van der Waals surface area contributed by atoms with Gasteiger partial charge in [-0.2, -0.15) is 0 Å². The second-order valence-electron chi connectivity index (χ2n) is 7.44. The Hall–Kier alpha value is -2.36. The Labute approximate surface area is 162 Å². The third kappa shape index (κ3) is 5.56. The maximum absolute atomic E-state index is 12.4. The summed E-state index contributed by atoms with van der Waals surface area (Å²) in [6.07, 6.45) is 8.57. The van der Waals surface area contributed by atoms with Crippen LogP contribution in [0.25, 0.3) is 11.3 Å². The van der Waals surface area contributed by atoms with Crippen molar-refractivity contribution in [2.24, 2.45) is 5.92 Å². The molecule has 1 atom stereocenters. The van der Waals surface area contributed by atoms with E-state index in [0.29, 0.717) is 18.9 Å². The van der Waals surface area contributed by atoms with Gasteiger partial charge >= 0.3 is 0 Å². The number of hydrogen-bond acceptors (Lipinski definition) is 3. The van der Waals surface area contributed by atoms with Crippen molar-refractivity contribution >= 4 is 5.91 Å². The van der Waals surface area contributed by atoms with Gasteiger partial charge in [0.2, 0.25) is 5.91 Å². The first-order chi connectivity index (χ1) is 13.2. The average Bonchev–Trinajstić information content (AvgIpc) is 2.69. The minimum Gasteiger partial charge on any atom is -0.494 e. The normalized spacial score (nSPS) is 15.9. The molecule has 1 N–H and O–H groups in total. The van der Waals surface area contributed by atoms with Crippen LogP contribution in [0.5, 0.6) is 5.75 Å². The molecule has 1 fully saturated rings. The molecule has 1 aliphatic rings. The van der Waals surface area contributed by atoms with Crippen molar-refractivity contribution in [3.63, 3.8) is 0 Å². The van der Waals surface area contributed by atoms with Crippen molar-refractivity contribution in [1.29, 1.82) is 0 Å². The third-order valence-electron chi connectivity index (χ3n) is 5.38. The summed E-state index contributed by atoms with van der Waals surface area (Å²) in [5, 5.41) is 3.18. The number of rotatable bonds is 7. The summed E-state index contributed by atoms with van der Waals surface area (Å²) in [6, 6.07) is 12.1. The van der Waals surface area contributed by atoms with Crippen LogP contribution in [-0.4, -0.2) is 23.5 Å². The number of nitrogens with one attached hydrogen (secondary N) is 1. The lowest BCUT2D eigenvalue weighted by Crippen LogP contribution is -2.39. The molecule has 4 nitrogen and oxygen atoms in total. The van der Waals surface area contributed by atoms with Gasteiger partial charge in [-0.3, -0.25) is 9.78 Å². The summed E-state index contributed by atoms with van der Waals surface area (Å²) in [7, 11) is 0. The molecular weight excluding hydrogens is 336 g/mol. The first kappa shape index (κ1) is 19.4. The van der Waals surface area contributed by atoms with Gasteiger partial charge in [0.25, 0.3) is 0 Å². The fourth-order valence-electron chi connectivity index (χ4n) is 3.85. The van der Waals surface area contributed by atoms with Crippen molar-refractivity contribution in [1.82, 2.24) is 10.3 Å². The predicted octanol–water partition coefficient (Wildman–Crippen LogP) is 4.77. The fraction of sp³-hybridized carbons (Fsp3) is 0.478. The molecule has 0 radical (unpaired) electrons. The highest BCUT2D eigenvalue weighted by Gasteiger charge is 2.21. The molecule has 2 aromatic rings. The van der Waals surface area contributed by atoms with Crippen LogP contribution in [0.3, 0.4) is 0 Å². The first-order valence-electron chi connectivity index (χ1n) is 10.1. The summed E-state index contributed by atoms with van der Waals surface area (Å²) < 4.78 is 5.55. The minimum atomic E-state index is 0.0842. The van der Waals surface area contributed by atoms with E-state index in [2.05, 4.69) is 17.2 Å². The molecule has 1 heterocycles. The van der Waals surface area contributed by atoms with Gasteiger partial charge in [-0.05, 0) is 56.4 Å². The molecule has 1 amide bonds. The van der Waals surface area contributed by atoms with E-state index in [-0.39, 0.29) is 11.9 Å². The third-order valence-corrected chi connectivity index (χ3v) is 5.38. The molecule has 1 aromatic heterocycles. The topological polar surface area (TPSA) is 51.2 Å². The van der Waals surface area contributed by atoms with E-state index >= 15 is 0 Å². The van der Waals surface area contributed by atoms with E-state index in [0.717, 1.165) is 22.6 Å². The number of aromatic nitrogens is 1. The van der Waals surface area contributed by atoms with E-state index in [9.17, 15) is 4.79 Å². The predicted molar refractivity (Wildman–Crippen MR) is 109 cm³/mol. The maximum Gasteiger partial charge on any atom is 0.224 e. The molecule has 3 rings (SSSR count). The number of nitrogens with zero attached hydrogens (tertiary/aromatic N) is 1. The van der Waals surface area contributed by atoms with Crippen molar-refractivity contribution < 1.29 is 9.53 Å². The number of benzene rings is 1. The zero-order chi connectivity index (χ0) is 19.1. The van der Waals surface area contributed by atoms with E-state index < -0.39 is 0 Å². The summed E-state index contributed by atoms with van der Waals surface area (Å²) >= 11 is 0. The SMILES string of the molecule is CCOc1cccc(-c2ccc(CC(=O)N[C@H](C)C3CCCCC3)cn2)c1. The van der Waals surface area contributed by atoms with Crippen LogP contribution in [0.1, 0.15) is 51.5 Å². The van der Waals surface area contributed by atoms with Gasteiger partial charge in [0, 0.05) is 17.8 Å². The quantitative estimate of drug-likeness (QED) is 0.767. The van der Waals surface area contributed by atoms with Crippen molar-refractivity contribution in [3.05, 3.63) is 48.2 Å². The fourth-order valence-corrected chi connectivity index (χ4v) is 3.85. The van der Waals surface area contributed by atoms with Crippen LogP contribution in [0, 0.1) is 5.92 Å². The van der Waals surface area contributed by atoms with Gasteiger partial charge in [0.1, 0.15) is 5.75 Å². The summed E-state index contributed by atoms with van der Waals surface area (Å²) in [5.41, 5.74) is 2.84. The molecule has 27 heavy (non-hydrogen) atoms. The zero-order valence-corrected chi connectivity index (χ0v) is 16.4. The largest absolute Gasteiger partial charge is 0.494 e. The van der Waals surface area contributed by atoms with E-state index in [1.165, 1.54) is 32.1 Å². The van der Waals surface area contributed by atoms with Gasteiger partial charge in [-0.25, -0.2) is 0 Å². The smallest absolute Gasteiger partial charge is 0.224 e. The number of carbonyl (C=O) groups excluding carboxylic acids is 1. The van der Waals surface area contributed by atoms with E-state index in [1.807, 2.05) is 43.3 Å². The highest BCUT2D eigenvalue weighted by atomic mass is 16.5. The van der Waals surface area contributed by atoms with Crippen LogP contribution in [-0.2, 0) is 11.2 Å². The molecule has 1 saturated carbocycles. The molecule has 0 aliphatic heterocycles. The monoisotopic (exact) mass is 366 g/mol. The Bertz CT molecular complexity index is 736. The van der Waals surface area contributed by atoms with Crippen LogP contribution < -0.4 is 10.1 Å². The van der Waals surface area contributed by atoms with Crippen molar-refractivity contribution in [2.45, 2.75) is 58.4 Å². The summed E-state index contributed by atoms with van der Waals surface area (Å²) in [4.78, 5) is 16.9. The average molecular weight is 367 g/mol. The molecule has 0 saturated heterocycles. The lowest BCUT2D eigenvalue weighted by molar-refractivity contribution is -0.121. The van der Waals surface area contributed by atoms with E-state index in [4.69, 9.17) is 4.74 Å². The molecular formula is C23H30N2O2. The number of ether oxygens (including phenoxy) is 1. The Kier molecular flexibility index (Phi) is 6.86. The zero-order valence-electron chi connectivity index (χ0n) is 16.4. The molecule has 0 bridgehead atoms. The van der Waals surface area contributed by atoms with Gasteiger partial charge < -0.3 is 10.1 Å². The standard InChI is InChI=1S/C23H30N2O2/c1-3-27-21-11-7-10-20(15-21)22-13-12-18(16-24-22)14-23(26)25-17(2)19-8-5-4-6-9-19/h7,10-13,15-17,19H,3-6,8-9,14H2,1-2H3,(H,25,26)/t17-/m1/s1. The first-order valence-corrected chi connectivity index (χ1v) is 10.1. The molecule has 144 valence electrons. The highest BCUT2D eigenvalue weighted by molar-refractivity contribution is 5.79. The van der Waals surface area contributed by atoms with Crippen molar-refractivity contribution in [3.8, 4) is 17.0 Å². The van der Waals surface area contributed by atoms with Gasteiger partial charge in [0.05, 0.1) is 18.7 Å². The highest BCUT2D eigenvalue weighted by Crippen LogP contribution is 2.26. The van der Waals surface area contributed by atoms with Crippen LogP contribution in [0.15, 0.2) is 42.6 Å². The van der Waals surface area contributed by atoms with Crippen molar-refractivity contribution in [2.75, 3.05) is 6.61 Å². The number of amides is 1. The Morgan fingerprint density at radius 3 is 2.74 bits per heavy atom. The molecule has 1 aromatic carbocycles. The van der Waals surface area contributed by atoms with Crippen LogP contribution in [0.2, 0.25) is 0 Å². The molecule has 0 spiro atoms. The van der Waals surface area contributed by atoms with Gasteiger partial charge in [-0.15, -0.1) is 0 Å². The second-order valence-corrected chi connectivity index (χ2v) is 7.44. The number of pyridine rings is 1. The van der Waals surface area contributed by atoms with E-state index in [1.54, 1.807) is 6.20 Å². The summed E-state index contributed by atoms with van der Waals surface area (Å²) in [6.45, 7) is 4.75. The Morgan fingerprint density at radius 2 is 2.04 bits per heavy atom. The number of carbonyl (C=O) groups is 1. The lowest BCUT2D eigenvalue weighted by Gasteiger charge is -2.28. The van der Waals surface area contributed by atoms with Gasteiger partial charge in [-0.1, -0.05) is 37.5 Å². The maximum atomic E-state index is 12.4. The van der Waals surface area contributed by atoms with Crippen LogP contribution >= 0.6 is 0 Å². The summed E-state index contributed by atoms with van der Waals surface area (Å²) in [5.74, 6) is 1.55. The lowest BCUT2D eigenvalue weighted by atomic mass is 9.84. The molecule has 0 unspecified atom stereocenters. The molecule has 4 heteroatoms. The second kappa shape index (κ2) is 9.54. The molecule has 1 aliphatic carbocycles. The minimum absolute atomic E-state index is 0.0842. The number of hydrogen-bond donors (Lipinski definition) is 1. The van der Waals surface area contributed by atoms with Gasteiger partial charge in [0.15, 0.2) is 0 Å². The Morgan fingerprint density at radius 1 is 1.22 bits per heavy atom. The van der Waals surface area contributed by atoms with Crippen LogP contribution in [0.4, 0.5) is 0 Å².